The molecule has 3 nitrogen and oxygen atoms in total. The predicted molar refractivity (Wildman–Crippen MR) is 84.3 cm³/mol. The van der Waals surface area contributed by atoms with Crippen molar-refractivity contribution in [3.05, 3.63) is 51.7 Å². The van der Waals surface area contributed by atoms with Crippen LogP contribution in [0.15, 0.2) is 39.7 Å². The van der Waals surface area contributed by atoms with Gasteiger partial charge in [0, 0.05) is 21.4 Å². The van der Waals surface area contributed by atoms with Gasteiger partial charge in [0.1, 0.15) is 11.6 Å². The smallest absolute Gasteiger partial charge is 0.147 e. The Kier molecular flexibility index (Phi) is 3.99. The lowest BCUT2D eigenvalue weighted by Gasteiger charge is -2.09. The van der Waals surface area contributed by atoms with Gasteiger partial charge in [0.25, 0.3) is 0 Å². The molecule has 1 atom stereocenters. The molecule has 0 aromatic heterocycles. The van der Waals surface area contributed by atoms with E-state index in [2.05, 4.69) is 15.9 Å². The molecule has 2 N–H and O–H groups in total. The Morgan fingerprint density at radius 3 is 2.90 bits per heavy atom. The van der Waals surface area contributed by atoms with Crippen molar-refractivity contribution in [2.24, 2.45) is 0 Å². The van der Waals surface area contributed by atoms with Gasteiger partial charge in [-0.25, -0.2) is 4.39 Å². The Morgan fingerprint density at radius 2 is 2.14 bits per heavy atom. The van der Waals surface area contributed by atoms with E-state index in [0.29, 0.717) is 11.5 Å². The van der Waals surface area contributed by atoms with Crippen molar-refractivity contribution in [2.75, 3.05) is 12.3 Å². The molecule has 0 fully saturated rings. The number of rotatable bonds is 3. The Hall–Kier alpha value is -1.40. The number of ether oxygens (including phenoxy) is 1. The van der Waals surface area contributed by atoms with Crippen LogP contribution in [-0.4, -0.2) is 10.8 Å². The number of hydrogen-bond donors (Lipinski definition) is 1. The standard InChI is InChI=1S/C15H13BrFNO2S/c16-11-5-9-3-4-20-15(9)10(6-11)8-21(19)12-1-2-14(18)13(17)7-12/h1-2,5-7H,3-4,8,18H2. The largest absolute Gasteiger partial charge is 0.493 e. The summed E-state index contributed by atoms with van der Waals surface area (Å²) >= 11 is 3.45. The molecule has 2 aromatic rings. The van der Waals surface area contributed by atoms with Gasteiger partial charge in [0.05, 0.1) is 28.8 Å². The normalized spacial score (nSPS) is 14.6. The molecule has 6 heteroatoms. The number of nitrogens with two attached hydrogens (primary N) is 1. The van der Waals surface area contributed by atoms with Gasteiger partial charge in [0.15, 0.2) is 0 Å². The summed E-state index contributed by atoms with van der Waals surface area (Å²) in [5.41, 5.74) is 7.47. The maximum Gasteiger partial charge on any atom is 0.147 e. The molecule has 0 aliphatic carbocycles. The zero-order chi connectivity index (χ0) is 15.0. The van der Waals surface area contributed by atoms with Crippen LogP contribution in [0.4, 0.5) is 10.1 Å². The van der Waals surface area contributed by atoms with Crippen molar-refractivity contribution in [3.63, 3.8) is 0 Å². The minimum absolute atomic E-state index is 0.0578. The first-order chi connectivity index (χ1) is 10.0. The maximum atomic E-state index is 13.5. The minimum atomic E-state index is -1.35. The number of nitrogen functional groups attached to an aromatic ring is 1. The molecule has 110 valence electrons. The fourth-order valence-electron chi connectivity index (χ4n) is 2.33. The van der Waals surface area contributed by atoms with Gasteiger partial charge in [-0.1, -0.05) is 15.9 Å². The molecule has 0 amide bonds. The lowest BCUT2D eigenvalue weighted by atomic mass is 10.1. The van der Waals surface area contributed by atoms with E-state index in [1.807, 2.05) is 12.1 Å². The van der Waals surface area contributed by atoms with Crippen molar-refractivity contribution >= 4 is 32.4 Å². The maximum absolute atomic E-state index is 13.5. The van der Waals surface area contributed by atoms with Gasteiger partial charge in [-0.05, 0) is 35.9 Å². The van der Waals surface area contributed by atoms with Gasteiger partial charge in [-0.2, -0.15) is 0 Å². The number of hydrogen-bond acceptors (Lipinski definition) is 3. The van der Waals surface area contributed by atoms with Crippen LogP contribution in [-0.2, 0) is 23.0 Å². The summed E-state index contributed by atoms with van der Waals surface area (Å²) < 4.78 is 32.4. The van der Waals surface area contributed by atoms with E-state index in [0.717, 1.165) is 27.8 Å². The summed E-state index contributed by atoms with van der Waals surface area (Å²) in [5.74, 6) is 0.546. The van der Waals surface area contributed by atoms with Crippen LogP contribution in [0.3, 0.4) is 0 Å². The number of anilines is 1. The van der Waals surface area contributed by atoms with Crippen molar-refractivity contribution in [3.8, 4) is 5.75 Å². The average Bonchev–Trinajstić information content (AvgIpc) is 2.90. The Bertz CT molecular complexity index is 736. The lowest BCUT2D eigenvalue weighted by molar-refractivity contribution is 0.354. The van der Waals surface area contributed by atoms with Gasteiger partial charge < -0.3 is 10.5 Å². The summed E-state index contributed by atoms with van der Waals surface area (Å²) in [6.07, 6.45) is 0.852. The van der Waals surface area contributed by atoms with Crippen LogP contribution < -0.4 is 10.5 Å². The van der Waals surface area contributed by atoms with E-state index in [1.54, 1.807) is 6.07 Å². The Balaban J connectivity index is 1.90. The molecular formula is C15H13BrFNO2S. The van der Waals surface area contributed by atoms with Crippen molar-refractivity contribution in [1.29, 1.82) is 0 Å². The molecule has 3 rings (SSSR count). The highest BCUT2D eigenvalue weighted by molar-refractivity contribution is 9.10. The number of benzene rings is 2. The molecule has 2 aromatic carbocycles. The fourth-order valence-corrected chi connectivity index (χ4v) is 4.00. The molecule has 0 saturated heterocycles. The van der Waals surface area contributed by atoms with E-state index in [1.165, 1.54) is 12.1 Å². The van der Waals surface area contributed by atoms with Crippen LogP contribution in [0.5, 0.6) is 5.75 Å². The highest BCUT2D eigenvalue weighted by Gasteiger charge is 2.19. The third-order valence-electron chi connectivity index (χ3n) is 3.35. The Labute approximate surface area is 132 Å². The highest BCUT2D eigenvalue weighted by Crippen LogP contribution is 2.34. The zero-order valence-corrected chi connectivity index (χ0v) is 13.5. The summed E-state index contributed by atoms with van der Waals surface area (Å²) in [6, 6.07) is 8.16. The van der Waals surface area contributed by atoms with Crippen LogP contribution in [0.25, 0.3) is 0 Å². The second kappa shape index (κ2) is 5.77. The van der Waals surface area contributed by atoms with Crippen molar-refractivity contribution < 1.29 is 13.3 Å². The van der Waals surface area contributed by atoms with Crippen molar-refractivity contribution in [2.45, 2.75) is 17.1 Å². The molecule has 0 bridgehead atoms. The third kappa shape index (κ3) is 2.96. The van der Waals surface area contributed by atoms with Gasteiger partial charge >= 0.3 is 0 Å². The SMILES string of the molecule is Nc1ccc(S(=O)Cc2cc(Br)cc3c2OCC3)cc1F. The third-order valence-corrected chi connectivity index (χ3v) is 5.16. The predicted octanol–water partition coefficient (Wildman–Crippen LogP) is 3.41. The minimum Gasteiger partial charge on any atom is -0.493 e. The Morgan fingerprint density at radius 1 is 1.33 bits per heavy atom. The fraction of sp³-hybridized carbons (Fsp3) is 0.200. The highest BCUT2D eigenvalue weighted by atomic mass is 79.9. The molecule has 1 unspecified atom stereocenters. The summed E-state index contributed by atoms with van der Waals surface area (Å²) in [5, 5.41) is 0. The number of halogens is 2. The quantitative estimate of drug-likeness (QED) is 0.843. The van der Waals surface area contributed by atoms with Gasteiger partial charge in [-0.15, -0.1) is 0 Å². The van der Waals surface area contributed by atoms with E-state index in [9.17, 15) is 8.60 Å². The van der Waals surface area contributed by atoms with Crippen LogP contribution >= 0.6 is 15.9 Å². The molecule has 1 aliphatic heterocycles. The second-order valence-electron chi connectivity index (χ2n) is 4.82. The van der Waals surface area contributed by atoms with Gasteiger partial charge in [-0.3, -0.25) is 4.21 Å². The lowest BCUT2D eigenvalue weighted by Crippen LogP contribution is -2.01. The summed E-state index contributed by atoms with van der Waals surface area (Å²) in [7, 11) is -1.35. The average molecular weight is 370 g/mol. The van der Waals surface area contributed by atoms with Crippen LogP contribution in [0, 0.1) is 5.82 Å². The van der Waals surface area contributed by atoms with E-state index in [-0.39, 0.29) is 11.4 Å². The molecule has 1 aliphatic rings. The van der Waals surface area contributed by atoms with Crippen LogP contribution in [0.2, 0.25) is 0 Å². The molecular weight excluding hydrogens is 357 g/mol. The monoisotopic (exact) mass is 369 g/mol. The molecule has 1 heterocycles. The van der Waals surface area contributed by atoms with Crippen LogP contribution in [0.1, 0.15) is 11.1 Å². The van der Waals surface area contributed by atoms with Crippen molar-refractivity contribution in [1.82, 2.24) is 0 Å². The van der Waals surface area contributed by atoms with E-state index in [4.69, 9.17) is 10.5 Å². The molecule has 0 saturated carbocycles. The summed E-state index contributed by atoms with van der Waals surface area (Å²) in [6.45, 7) is 0.641. The van der Waals surface area contributed by atoms with Gasteiger partial charge in [0.2, 0.25) is 0 Å². The first-order valence-electron chi connectivity index (χ1n) is 6.42. The first kappa shape index (κ1) is 14.5. The summed E-state index contributed by atoms with van der Waals surface area (Å²) in [4.78, 5) is 0.424. The first-order valence-corrected chi connectivity index (χ1v) is 8.53. The zero-order valence-electron chi connectivity index (χ0n) is 11.1. The molecule has 0 spiro atoms. The van der Waals surface area contributed by atoms with E-state index >= 15 is 0 Å². The molecule has 0 radical (unpaired) electrons. The topological polar surface area (TPSA) is 52.3 Å². The second-order valence-corrected chi connectivity index (χ2v) is 7.19. The van der Waals surface area contributed by atoms with E-state index < -0.39 is 16.6 Å². The number of fused-ring (bicyclic) bond motifs is 1. The molecule has 21 heavy (non-hydrogen) atoms.